The van der Waals surface area contributed by atoms with Crippen molar-refractivity contribution in [1.29, 1.82) is 0 Å². The minimum atomic E-state index is 0. The summed E-state index contributed by atoms with van der Waals surface area (Å²) in [7, 11) is 6.67. The van der Waals surface area contributed by atoms with Gasteiger partial charge >= 0.3 is 0 Å². The average Bonchev–Trinajstić information content (AvgIpc) is 2.74. The molecule has 1 aliphatic rings. The van der Waals surface area contributed by atoms with Gasteiger partial charge in [-0.3, -0.25) is 4.99 Å². The van der Waals surface area contributed by atoms with E-state index < -0.39 is 0 Å². The van der Waals surface area contributed by atoms with E-state index in [-0.39, 0.29) is 29.7 Å². The van der Waals surface area contributed by atoms with E-state index in [0.29, 0.717) is 12.3 Å². The number of hydrogen-bond donors (Lipinski definition) is 2. The summed E-state index contributed by atoms with van der Waals surface area (Å²) < 4.78 is 16.1. The lowest BCUT2D eigenvalue weighted by Crippen LogP contribution is -2.43. The van der Waals surface area contributed by atoms with E-state index >= 15 is 0 Å². The molecule has 2 aromatic carbocycles. The van der Waals surface area contributed by atoms with Crippen LogP contribution >= 0.6 is 24.0 Å². The van der Waals surface area contributed by atoms with Gasteiger partial charge in [0.05, 0.1) is 21.3 Å². The average molecular weight is 513 g/mol. The second-order valence-corrected chi connectivity index (χ2v) is 6.54. The Bertz CT molecular complexity index is 873. The third-order valence-corrected chi connectivity index (χ3v) is 4.95. The summed E-state index contributed by atoms with van der Waals surface area (Å²) in [5.74, 6) is 3.20. The number of nitrogens with one attached hydrogen (secondary N) is 1. The highest BCUT2D eigenvalue weighted by atomic mass is 127. The normalized spacial score (nSPS) is 13.2. The number of guanidine groups is 1. The Hall–Kier alpha value is -2.36. The van der Waals surface area contributed by atoms with Crippen LogP contribution in [0, 0.1) is 0 Å². The maximum Gasteiger partial charge on any atom is 0.194 e. The van der Waals surface area contributed by atoms with Crippen molar-refractivity contribution in [3.05, 3.63) is 47.0 Å². The first-order chi connectivity index (χ1) is 13.6. The van der Waals surface area contributed by atoms with Gasteiger partial charge in [0, 0.05) is 32.2 Å². The molecule has 0 fully saturated rings. The molecule has 7 nitrogen and oxygen atoms in total. The van der Waals surface area contributed by atoms with Gasteiger partial charge in [-0.2, -0.15) is 0 Å². The predicted octanol–water partition coefficient (Wildman–Crippen LogP) is 3.17. The Morgan fingerprint density at radius 2 is 1.76 bits per heavy atom. The Balaban J connectivity index is 0.00000300. The summed E-state index contributed by atoms with van der Waals surface area (Å²) in [4.78, 5) is 6.60. The quantitative estimate of drug-likeness (QED) is 0.364. The van der Waals surface area contributed by atoms with E-state index in [0.717, 1.165) is 42.5 Å². The molecule has 29 heavy (non-hydrogen) atoms. The molecular weight excluding hydrogens is 485 g/mol. The predicted molar refractivity (Wildman–Crippen MR) is 124 cm³/mol. The molecule has 0 amide bonds. The molecule has 0 saturated carbocycles. The highest BCUT2D eigenvalue weighted by Gasteiger charge is 2.21. The molecule has 0 spiro atoms. The first kappa shape index (κ1) is 22.9. The third kappa shape index (κ3) is 5.17. The molecule has 1 aliphatic heterocycles. The van der Waals surface area contributed by atoms with Crippen molar-refractivity contribution < 1.29 is 19.3 Å². The lowest BCUT2D eigenvalue weighted by molar-refractivity contribution is 0.345. The van der Waals surface area contributed by atoms with Crippen molar-refractivity contribution in [2.45, 2.75) is 19.5 Å². The molecule has 2 aromatic rings. The van der Waals surface area contributed by atoms with Crippen LogP contribution in [0.2, 0.25) is 0 Å². The smallest absolute Gasteiger partial charge is 0.194 e. The summed E-state index contributed by atoms with van der Waals surface area (Å²) >= 11 is 0. The fraction of sp³-hybridized carbons (Fsp3) is 0.381. The number of aliphatic imine (C=N–C) groups is 1. The Morgan fingerprint density at radius 1 is 1.07 bits per heavy atom. The lowest BCUT2D eigenvalue weighted by atomic mass is 9.99. The SMILES string of the molecule is CN=C(NCc1cc(OC)ccc1O)N1CCc2cc(OC)c(OC)cc2C1.I. The van der Waals surface area contributed by atoms with E-state index in [1.807, 2.05) is 12.1 Å². The second kappa shape index (κ2) is 10.4. The summed E-state index contributed by atoms with van der Waals surface area (Å²) in [6.45, 7) is 2.01. The van der Waals surface area contributed by atoms with Crippen LogP contribution in [0.3, 0.4) is 0 Å². The largest absolute Gasteiger partial charge is 0.508 e. The number of phenolic OH excluding ortho intramolecular Hbond substituents is 1. The number of hydrogen-bond acceptors (Lipinski definition) is 5. The minimum Gasteiger partial charge on any atom is -0.508 e. The van der Waals surface area contributed by atoms with Crippen LogP contribution in [0.1, 0.15) is 16.7 Å². The van der Waals surface area contributed by atoms with Gasteiger partial charge in [0.25, 0.3) is 0 Å². The maximum atomic E-state index is 10.1. The number of benzene rings is 2. The second-order valence-electron chi connectivity index (χ2n) is 6.54. The number of nitrogens with zero attached hydrogens (tertiary/aromatic N) is 2. The maximum absolute atomic E-state index is 10.1. The zero-order chi connectivity index (χ0) is 20.1. The Kier molecular flexibility index (Phi) is 8.24. The molecular formula is C21H28IN3O4. The van der Waals surface area contributed by atoms with Gasteiger partial charge < -0.3 is 29.5 Å². The molecule has 0 aromatic heterocycles. The molecule has 8 heteroatoms. The fourth-order valence-electron chi connectivity index (χ4n) is 3.40. The number of phenols is 1. The number of halogens is 1. The van der Waals surface area contributed by atoms with Crippen molar-refractivity contribution in [3.63, 3.8) is 0 Å². The van der Waals surface area contributed by atoms with E-state index in [4.69, 9.17) is 14.2 Å². The molecule has 1 heterocycles. The van der Waals surface area contributed by atoms with Gasteiger partial charge in [-0.05, 0) is 47.9 Å². The van der Waals surface area contributed by atoms with E-state index in [9.17, 15) is 5.11 Å². The third-order valence-electron chi connectivity index (χ3n) is 4.95. The van der Waals surface area contributed by atoms with Gasteiger partial charge in [0.1, 0.15) is 11.5 Å². The van der Waals surface area contributed by atoms with E-state index in [2.05, 4.69) is 21.3 Å². The van der Waals surface area contributed by atoms with Crippen LogP contribution in [0.15, 0.2) is 35.3 Å². The molecule has 0 radical (unpaired) electrons. The lowest BCUT2D eigenvalue weighted by Gasteiger charge is -2.32. The van der Waals surface area contributed by atoms with Gasteiger partial charge in [-0.15, -0.1) is 24.0 Å². The standard InChI is InChI=1S/C21H27N3O4.HI/c1-22-21(23-12-15-9-17(26-2)5-6-18(15)25)24-8-7-14-10-19(27-3)20(28-4)11-16(14)13-24;/h5-6,9-11,25H,7-8,12-13H2,1-4H3,(H,22,23);1H. The topological polar surface area (TPSA) is 75.6 Å². The van der Waals surface area contributed by atoms with Crippen molar-refractivity contribution in [2.24, 2.45) is 4.99 Å². The van der Waals surface area contributed by atoms with Crippen LogP contribution in [-0.2, 0) is 19.5 Å². The number of methoxy groups -OCH3 is 3. The van der Waals surface area contributed by atoms with Crippen molar-refractivity contribution >= 4 is 29.9 Å². The first-order valence-corrected chi connectivity index (χ1v) is 9.14. The molecule has 2 N–H and O–H groups in total. The van der Waals surface area contributed by atoms with Crippen LogP contribution < -0.4 is 19.5 Å². The number of aromatic hydroxyl groups is 1. The zero-order valence-corrected chi connectivity index (χ0v) is 19.5. The molecule has 3 rings (SSSR count). The Labute approximate surface area is 188 Å². The monoisotopic (exact) mass is 513 g/mol. The minimum absolute atomic E-state index is 0. The van der Waals surface area contributed by atoms with Crippen LogP contribution in [0.5, 0.6) is 23.0 Å². The van der Waals surface area contributed by atoms with E-state index in [1.54, 1.807) is 40.5 Å². The summed E-state index contributed by atoms with van der Waals surface area (Å²) in [5, 5.41) is 13.4. The summed E-state index contributed by atoms with van der Waals surface area (Å²) in [6.07, 6.45) is 0.890. The van der Waals surface area contributed by atoms with Gasteiger partial charge in [-0.25, -0.2) is 0 Å². The van der Waals surface area contributed by atoms with E-state index in [1.165, 1.54) is 11.1 Å². The highest BCUT2D eigenvalue weighted by Crippen LogP contribution is 2.33. The molecule has 158 valence electrons. The van der Waals surface area contributed by atoms with Gasteiger partial charge in [0.15, 0.2) is 17.5 Å². The van der Waals surface area contributed by atoms with Crippen molar-refractivity contribution in [1.82, 2.24) is 10.2 Å². The fourth-order valence-corrected chi connectivity index (χ4v) is 3.40. The van der Waals surface area contributed by atoms with Gasteiger partial charge in [0.2, 0.25) is 0 Å². The highest BCUT2D eigenvalue weighted by molar-refractivity contribution is 14.0. The van der Waals surface area contributed by atoms with Crippen LogP contribution in [0.25, 0.3) is 0 Å². The molecule has 0 saturated heterocycles. The summed E-state index contributed by atoms with van der Waals surface area (Å²) in [6, 6.07) is 9.27. The van der Waals surface area contributed by atoms with Crippen molar-refractivity contribution in [2.75, 3.05) is 34.9 Å². The molecule has 0 aliphatic carbocycles. The van der Waals surface area contributed by atoms with Crippen molar-refractivity contribution in [3.8, 4) is 23.0 Å². The number of fused-ring (bicyclic) bond motifs is 1. The number of rotatable bonds is 5. The summed E-state index contributed by atoms with van der Waals surface area (Å²) in [5.41, 5.74) is 3.20. The van der Waals surface area contributed by atoms with Crippen LogP contribution in [0.4, 0.5) is 0 Å². The molecule has 0 bridgehead atoms. The Morgan fingerprint density at radius 3 is 2.38 bits per heavy atom. The molecule has 0 atom stereocenters. The molecule has 0 unspecified atom stereocenters. The first-order valence-electron chi connectivity index (χ1n) is 9.14. The zero-order valence-electron chi connectivity index (χ0n) is 17.2. The number of ether oxygens (including phenoxy) is 3. The van der Waals surface area contributed by atoms with Gasteiger partial charge in [-0.1, -0.05) is 0 Å². The van der Waals surface area contributed by atoms with Crippen LogP contribution in [-0.4, -0.2) is 50.9 Å².